The fourth-order valence-corrected chi connectivity index (χ4v) is 3.39. The van der Waals surface area contributed by atoms with E-state index in [9.17, 15) is 18.3 Å². The second-order valence-corrected chi connectivity index (χ2v) is 9.09. The lowest BCUT2D eigenvalue weighted by molar-refractivity contribution is -0.141. The molecular formula is C21H30F3N5O. The van der Waals surface area contributed by atoms with Gasteiger partial charge in [0, 0.05) is 13.0 Å². The standard InChI is InChI=1S/C21H30F3N5O/c1-13(14-9-10-14)8-11-17-27-18(15-6-5-7-16(26-15)21(22,23)24)29-20(4,28-17)25-12-19(2,3)30/h5-7,13-14,25,30H,8-12H2,1-4H3,(H,27,28,29)/t13-,20?/m0/s1. The number of hydrogen-bond acceptors (Lipinski definition) is 6. The summed E-state index contributed by atoms with van der Waals surface area (Å²) >= 11 is 0. The molecule has 9 heteroatoms. The third kappa shape index (κ3) is 6.25. The molecule has 0 bridgehead atoms. The predicted molar refractivity (Wildman–Crippen MR) is 110 cm³/mol. The van der Waals surface area contributed by atoms with Crippen LogP contribution in [0.2, 0.25) is 0 Å². The van der Waals surface area contributed by atoms with E-state index >= 15 is 0 Å². The lowest BCUT2D eigenvalue weighted by Crippen LogP contribution is -2.52. The summed E-state index contributed by atoms with van der Waals surface area (Å²) < 4.78 is 39.4. The van der Waals surface area contributed by atoms with Crippen molar-refractivity contribution in [1.29, 1.82) is 0 Å². The van der Waals surface area contributed by atoms with Crippen LogP contribution in [0.25, 0.3) is 0 Å². The molecule has 2 heterocycles. The number of aromatic nitrogens is 1. The van der Waals surface area contributed by atoms with Crippen LogP contribution in [0.4, 0.5) is 13.2 Å². The summed E-state index contributed by atoms with van der Waals surface area (Å²) in [5, 5.41) is 16.3. The van der Waals surface area contributed by atoms with E-state index in [0.717, 1.165) is 18.4 Å². The minimum Gasteiger partial charge on any atom is -0.389 e. The number of halogens is 3. The van der Waals surface area contributed by atoms with Crippen molar-refractivity contribution in [2.24, 2.45) is 21.8 Å². The van der Waals surface area contributed by atoms with E-state index in [1.165, 1.54) is 25.0 Å². The summed E-state index contributed by atoms with van der Waals surface area (Å²) in [7, 11) is 0. The van der Waals surface area contributed by atoms with Crippen LogP contribution in [0.1, 0.15) is 64.8 Å². The first-order valence-corrected chi connectivity index (χ1v) is 10.3. The van der Waals surface area contributed by atoms with Gasteiger partial charge in [-0.05, 0) is 64.0 Å². The largest absolute Gasteiger partial charge is 0.433 e. The summed E-state index contributed by atoms with van der Waals surface area (Å²) in [5.74, 6) is 1.09. The van der Waals surface area contributed by atoms with E-state index in [1.54, 1.807) is 20.8 Å². The number of aliphatic imine (C=N–C) groups is 2. The summed E-state index contributed by atoms with van der Waals surface area (Å²) in [6, 6.07) is 3.75. The van der Waals surface area contributed by atoms with Crippen LogP contribution in [0.5, 0.6) is 0 Å². The maximum Gasteiger partial charge on any atom is 0.433 e. The van der Waals surface area contributed by atoms with Crippen LogP contribution < -0.4 is 10.6 Å². The highest BCUT2D eigenvalue weighted by Crippen LogP contribution is 2.38. The average molecular weight is 425 g/mol. The quantitative estimate of drug-likeness (QED) is 0.593. The molecule has 0 amide bonds. The number of aliphatic hydroxyl groups is 1. The summed E-state index contributed by atoms with van der Waals surface area (Å²) in [6.45, 7) is 7.48. The highest BCUT2D eigenvalue weighted by molar-refractivity contribution is 6.09. The molecule has 0 saturated heterocycles. The zero-order valence-corrected chi connectivity index (χ0v) is 17.8. The highest BCUT2D eigenvalue weighted by Gasteiger charge is 2.35. The van der Waals surface area contributed by atoms with Gasteiger partial charge >= 0.3 is 6.18 Å². The predicted octanol–water partition coefficient (Wildman–Crippen LogP) is 3.71. The number of pyridine rings is 1. The van der Waals surface area contributed by atoms with E-state index in [2.05, 4.69) is 32.5 Å². The van der Waals surface area contributed by atoms with Crippen molar-refractivity contribution in [3.05, 3.63) is 29.6 Å². The minimum atomic E-state index is -4.54. The second-order valence-electron chi connectivity index (χ2n) is 9.09. The maximum absolute atomic E-state index is 13.1. The Bertz CT molecular complexity index is 827. The van der Waals surface area contributed by atoms with Crippen LogP contribution in [0, 0.1) is 11.8 Å². The lowest BCUT2D eigenvalue weighted by atomic mass is 9.99. The Morgan fingerprint density at radius 1 is 1.27 bits per heavy atom. The zero-order valence-electron chi connectivity index (χ0n) is 17.8. The van der Waals surface area contributed by atoms with E-state index in [0.29, 0.717) is 18.2 Å². The normalized spacial score (nSPS) is 23.5. The number of alkyl halides is 3. The molecule has 3 rings (SSSR count). The number of hydrogen-bond donors (Lipinski definition) is 3. The Kier molecular flexibility index (Phi) is 6.25. The minimum absolute atomic E-state index is 0.101. The summed E-state index contributed by atoms with van der Waals surface area (Å²) in [4.78, 5) is 12.9. The maximum atomic E-state index is 13.1. The molecule has 1 unspecified atom stereocenters. The van der Waals surface area contributed by atoms with Crippen molar-refractivity contribution in [1.82, 2.24) is 15.6 Å². The Morgan fingerprint density at radius 3 is 2.57 bits per heavy atom. The van der Waals surface area contributed by atoms with E-state index in [4.69, 9.17) is 0 Å². The molecule has 6 nitrogen and oxygen atoms in total. The molecule has 2 atom stereocenters. The smallest absolute Gasteiger partial charge is 0.389 e. The number of nitrogens with zero attached hydrogens (tertiary/aromatic N) is 3. The lowest BCUT2D eigenvalue weighted by Gasteiger charge is -2.32. The highest BCUT2D eigenvalue weighted by atomic mass is 19.4. The third-order valence-corrected chi connectivity index (χ3v) is 5.35. The SMILES string of the molecule is C[C@@H](CCC1=NC(C)(NCC(C)(C)O)N=C(c2cccc(C(F)(F)F)n2)N1)C1CC1. The fraction of sp³-hybridized carbons (Fsp3) is 0.667. The van der Waals surface area contributed by atoms with Crippen molar-refractivity contribution in [3.63, 3.8) is 0 Å². The molecule has 2 aliphatic rings. The van der Waals surface area contributed by atoms with Gasteiger partial charge in [-0.3, -0.25) is 5.32 Å². The van der Waals surface area contributed by atoms with Crippen molar-refractivity contribution in [2.45, 2.75) is 70.9 Å². The number of amidine groups is 2. The van der Waals surface area contributed by atoms with Crippen molar-refractivity contribution in [2.75, 3.05) is 6.54 Å². The molecule has 3 N–H and O–H groups in total. The van der Waals surface area contributed by atoms with Crippen LogP contribution in [0.3, 0.4) is 0 Å². The Hall–Kier alpha value is -2.00. The van der Waals surface area contributed by atoms with Gasteiger partial charge in [0.25, 0.3) is 0 Å². The van der Waals surface area contributed by atoms with Gasteiger partial charge in [0.15, 0.2) is 5.84 Å². The van der Waals surface area contributed by atoms with Gasteiger partial charge in [-0.15, -0.1) is 0 Å². The van der Waals surface area contributed by atoms with E-state index < -0.39 is 23.3 Å². The molecule has 1 aliphatic heterocycles. The van der Waals surface area contributed by atoms with Gasteiger partial charge in [-0.2, -0.15) is 13.2 Å². The summed E-state index contributed by atoms with van der Waals surface area (Å²) in [6.07, 6.45) is -0.430. The second kappa shape index (κ2) is 8.26. The molecule has 30 heavy (non-hydrogen) atoms. The molecule has 0 radical (unpaired) electrons. The molecule has 1 aromatic rings. The molecule has 1 saturated carbocycles. The molecule has 1 aliphatic carbocycles. The molecule has 1 fully saturated rings. The monoisotopic (exact) mass is 425 g/mol. The van der Waals surface area contributed by atoms with Crippen LogP contribution in [0.15, 0.2) is 28.2 Å². The number of nitrogens with one attached hydrogen (secondary N) is 2. The van der Waals surface area contributed by atoms with Crippen LogP contribution in [-0.4, -0.2) is 39.7 Å². The van der Waals surface area contributed by atoms with Crippen LogP contribution in [-0.2, 0) is 6.18 Å². The van der Waals surface area contributed by atoms with Crippen molar-refractivity contribution in [3.8, 4) is 0 Å². The van der Waals surface area contributed by atoms with Gasteiger partial charge in [0.1, 0.15) is 17.2 Å². The van der Waals surface area contributed by atoms with Gasteiger partial charge in [-0.1, -0.05) is 13.0 Å². The van der Waals surface area contributed by atoms with Gasteiger partial charge < -0.3 is 10.4 Å². The first-order chi connectivity index (χ1) is 13.8. The Labute approximate surface area is 175 Å². The molecule has 166 valence electrons. The topological polar surface area (TPSA) is 81.9 Å². The Morgan fingerprint density at radius 2 is 1.97 bits per heavy atom. The van der Waals surface area contributed by atoms with Crippen molar-refractivity contribution < 1.29 is 18.3 Å². The third-order valence-electron chi connectivity index (χ3n) is 5.35. The van der Waals surface area contributed by atoms with Gasteiger partial charge in [0.05, 0.1) is 5.60 Å². The number of rotatable bonds is 8. The average Bonchev–Trinajstić information content (AvgIpc) is 3.48. The molecule has 0 spiro atoms. The molecule has 0 aromatic carbocycles. The molecule has 1 aromatic heterocycles. The first-order valence-electron chi connectivity index (χ1n) is 10.3. The molecular weight excluding hydrogens is 395 g/mol. The van der Waals surface area contributed by atoms with Crippen molar-refractivity contribution >= 4 is 11.7 Å². The Balaban J connectivity index is 1.85. The fourth-order valence-electron chi connectivity index (χ4n) is 3.39. The van der Waals surface area contributed by atoms with Gasteiger partial charge in [0.2, 0.25) is 5.79 Å². The van der Waals surface area contributed by atoms with E-state index in [-0.39, 0.29) is 18.1 Å². The first kappa shape index (κ1) is 22.7. The summed E-state index contributed by atoms with van der Waals surface area (Å²) in [5.41, 5.74) is -1.86. The van der Waals surface area contributed by atoms with E-state index in [1.807, 2.05) is 0 Å². The van der Waals surface area contributed by atoms with Crippen LogP contribution >= 0.6 is 0 Å². The van der Waals surface area contributed by atoms with Gasteiger partial charge in [-0.25, -0.2) is 15.0 Å². The zero-order chi connectivity index (χ0) is 22.2.